The number of ether oxygens (including phenoxy) is 1. The van der Waals surface area contributed by atoms with Crippen molar-refractivity contribution in [2.24, 2.45) is 0 Å². The van der Waals surface area contributed by atoms with Crippen LogP contribution in [0.25, 0.3) is 0 Å². The lowest BCUT2D eigenvalue weighted by atomic mass is 10.2. The summed E-state index contributed by atoms with van der Waals surface area (Å²) in [6, 6.07) is 8.83. The van der Waals surface area contributed by atoms with Gasteiger partial charge in [0.25, 0.3) is 5.91 Å². The number of furan rings is 1. The van der Waals surface area contributed by atoms with Crippen LogP contribution in [0.2, 0.25) is 0 Å². The number of methoxy groups -OCH3 is 1. The van der Waals surface area contributed by atoms with E-state index >= 15 is 0 Å². The number of rotatable bonds is 7. The maximum Gasteiger partial charge on any atom is 0.274 e. The highest BCUT2D eigenvalue weighted by atomic mass is 79.9. The molecule has 0 spiro atoms. The van der Waals surface area contributed by atoms with Gasteiger partial charge in [0, 0.05) is 12.0 Å². The van der Waals surface area contributed by atoms with E-state index in [2.05, 4.69) is 21.4 Å². The third kappa shape index (κ3) is 4.61. The lowest BCUT2D eigenvalue weighted by Crippen LogP contribution is -2.24. The highest BCUT2D eigenvalue weighted by Crippen LogP contribution is 2.25. The van der Waals surface area contributed by atoms with Crippen LogP contribution in [-0.2, 0) is 11.3 Å². The van der Waals surface area contributed by atoms with Gasteiger partial charge in [0.1, 0.15) is 11.5 Å². The summed E-state index contributed by atoms with van der Waals surface area (Å²) in [5.41, 5.74) is 2.91. The van der Waals surface area contributed by atoms with Crippen LogP contribution in [0.4, 0.5) is 0 Å². The Hall–Kier alpha value is -1.79. The van der Waals surface area contributed by atoms with E-state index in [-0.39, 0.29) is 5.91 Å². The normalized spacial score (nSPS) is 10.4. The van der Waals surface area contributed by atoms with Gasteiger partial charge in [-0.3, -0.25) is 9.63 Å². The molecule has 0 aliphatic rings. The van der Waals surface area contributed by atoms with E-state index in [9.17, 15) is 4.79 Å². The first-order chi connectivity index (χ1) is 10.2. The Morgan fingerprint density at radius 1 is 1.38 bits per heavy atom. The smallest absolute Gasteiger partial charge is 0.274 e. The summed E-state index contributed by atoms with van der Waals surface area (Å²) in [5.74, 6) is 1.28. The third-order valence-electron chi connectivity index (χ3n) is 2.83. The fourth-order valence-electron chi connectivity index (χ4n) is 1.76. The van der Waals surface area contributed by atoms with E-state index in [0.29, 0.717) is 17.9 Å². The molecule has 0 unspecified atom stereocenters. The molecule has 2 aromatic rings. The van der Waals surface area contributed by atoms with Gasteiger partial charge in [-0.25, -0.2) is 5.48 Å². The Morgan fingerprint density at radius 3 is 2.90 bits per heavy atom. The number of hydrogen-bond acceptors (Lipinski definition) is 4. The number of hydrogen-bond donors (Lipinski definition) is 1. The second kappa shape index (κ2) is 7.85. The van der Waals surface area contributed by atoms with Gasteiger partial charge in [-0.15, -0.1) is 0 Å². The number of halogens is 1. The first-order valence-electron chi connectivity index (χ1n) is 6.49. The molecule has 0 radical (unpaired) electrons. The lowest BCUT2D eigenvalue weighted by molar-refractivity contribution is 0.0301. The predicted octanol–water partition coefficient (Wildman–Crippen LogP) is 3.34. The number of carbonyl (C=O) groups is 1. The first-order valence-corrected chi connectivity index (χ1v) is 7.28. The molecule has 0 saturated heterocycles. The second-order valence-electron chi connectivity index (χ2n) is 4.31. The monoisotopic (exact) mass is 353 g/mol. The summed E-state index contributed by atoms with van der Waals surface area (Å²) in [6.45, 7) is 0.420. The fraction of sp³-hybridized carbons (Fsp3) is 0.267. The van der Waals surface area contributed by atoms with Crippen molar-refractivity contribution in [3.8, 4) is 5.75 Å². The highest BCUT2D eigenvalue weighted by molar-refractivity contribution is 9.10. The minimum Gasteiger partial charge on any atom is -0.496 e. The van der Waals surface area contributed by atoms with Gasteiger partial charge in [0.15, 0.2) is 0 Å². The zero-order valence-electron chi connectivity index (χ0n) is 11.6. The summed E-state index contributed by atoms with van der Waals surface area (Å²) < 4.78 is 11.0. The van der Waals surface area contributed by atoms with Gasteiger partial charge in [-0.2, -0.15) is 0 Å². The van der Waals surface area contributed by atoms with Crippen LogP contribution in [0.5, 0.6) is 5.75 Å². The number of benzene rings is 1. The number of amides is 1. The van der Waals surface area contributed by atoms with Crippen LogP contribution in [0, 0.1) is 0 Å². The molecule has 1 N–H and O–H groups in total. The average molecular weight is 354 g/mol. The standard InChI is InChI=1S/C15H16BrNO4/c1-19-14-7-6-11(10-13(14)16)15(18)17-21-9-3-5-12-4-2-8-20-12/h2,4,6-8,10H,3,5,9H2,1H3,(H,17,18). The van der Waals surface area contributed by atoms with Crippen LogP contribution in [0.1, 0.15) is 22.5 Å². The van der Waals surface area contributed by atoms with Crippen LogP contribution >= 0.6 is 15.9 Å². The van der Waals surface area contributed by atoms with Crippen molar-refractivity contribution in [1.82, 2.24) is 5.48 Å². The van der Waals surface area contributed by atoms with Crippen molar-refractivity contribution in [2.45, 2.75) is 12.8 Å². The van der Waals surface area contributed by atoms with Crippen LogP contribution < -0.4 is 10.2 Å². The molecule has 21 heavy (non-hydrogen) atoms. The number of nitrogens with one attached hydrogen (secondary N) is 1. The van der Waals surface area contributed by atoms with Gasteiger partial charge in [-0.05, 0) is 52.7 Å². The molecular weight excluding hydrogens is 338 g/mol. The van der Waals surface area contributed by atoms with Crippen molar-refractivity contribution in [2.75, 3.05) is 13.7 Å². The number of carbonyl (C=O) groups excluding carboxylic acids is 1. The zero-order valence-corrected chi connectivity index (χ0v) is 13.2. The summed E-state index contributed by atoms with van der Waals surface area (Å²) in [7, 11) is 1.57. The van der Waals surface area contributed by atoms with Crippen LogP contribution in [0.15, 0.2) is 45.5 Å². The molecule has 1 amide bonds. The molecule has 1 aromatic carbocycles. The summed E-state index contributed by atoms with van der Waals surface area (Å²) in [6.07, 6.45) is 3.18. The van der Waals surface area contributed by atoms with Crippen LogP contribution in [-0.4, -0.2) is 19.6 Å². The zero-order chi connectivity index (χ0) is 15.1. The molecule has 6 heteroatoms. The van der Waals surface area contributed by atoms with Crippen molar-refractivity contribution in [3.05, 3.63) is 52.4 Å². The Labute approximate surface area is 131 Å². The van der Waals surface area contributed by atoms with Crippen molar-refractivity contribution >= 4 is 21.8 Å². The summed E-state index contributed by atoms with van der Waals surface area (Å²) >= 11 is 3.33. The summed E-state index contributed by atoms with van der Waals surface area (Å²) in [5, 5.41) is 0. The average Bonchev–Trinajstić information content (AvgIpc) is 3.00. The lowest BCUT2D eigenvalue weighted by Gasteiger charge is -2.07. The highest BCUT2D eigenvalue weighted by Gasteiger charge is 2.08. The maximum absolute atomic E-state index is 11.9. The Bertz CT molecular complexity index is 583. The number of aryl methyl sites for hydroxylation is 1. The Kier molecular flexibility index (Phi) is 5.83. The van der Waals surface area contributed by atoms with Gasteiger partial charge >= 0.3 is 0 Å². The largest absolute Gasteiger partial charge is 0.496 e. The van der Waals surface area contributed by atoms with E-state index in [1.54, 1.807) is 31.6 Å². The van der Waals surface area contributed by atoms with E-state index in [1.807, 2.05) is 12.1 Å². The fourth-order valence-corrected chi connectivity index (χ4v) is 2.30. The van der Waals surface area contributed by atoms with E-state index < -0.39 is 0 Å². The molecule has 112 valence electrons. The minimum absolute atomic E-state index is 0.295. The topological polar surface area (TPSA) is 60.7 Å². The minimum atomic E-state index is -0.295. The van der Waals surface area contributed by atoms with Gasteiger partial charge in [0.2, 0.25) is 0 Å². The molecule has 2 rings (SSSR count). The van der Waals surface area contributed by atoms with E-state index in [4.69, 9.17) is 14.0 Å². The quantitative estimate of drug-likeness (QED) is 0.612. The van der Waals surface area contributed by atoms with Gasteiger partial charge in [0.05, 0.1) is 24.5 Å². The predicted molar refractivity (Wildman–Crippen MR) is 81.1 cm³/mol. The van der Waals surface area contributed by atoms with E-state index in [1.165, 1.54) is 0 Å². The molecule has 0 atom stereocenters. The third-order valence-corrected chi connectivity index (χ3v) is 3.45. The first kappa shape index (κ1) is 15.6. The molecule has 0 saturated carbocycles. The van der Waals surface area contributed by atoms with Crippen molar-refractivity contribution in [3.63, 3.8) is 0 Å². The summed E-state index contributed by atoms with van der Waals surface area (Å²) in [4.78, 5) is 17.0. The molecule has 0 aliphatic carbocycles. The van der Waals surface area contributed by atoms with E-state index in [0.717, 1.165) is 23.1 Å². The van der Waals surface area contributed by atoms with Crippen molar-refractivity contribution < 1.29 is 18.8 Å². The maximum atomic E-state index is 11.9. The molecule has 0 fully saturated rings. The van der Waals surface area contributed by atoms with Crippen LogP contribution in [0.3, 0.4) is 0 Å². The SMILES string of the molecule is COc1ccc(C(=O)NOCCCc2ccco2)cc1Br. The molecular formula is C15H16BrNO4. The molecule has 1 heterocycles. The Morgan fingerprint density at radius 2 is 2.24 bits per heavy atom. The molecule has 0 bridgehead atoms. The van der Waals surface area contributed by atoms with Gasteiger partial charge < -0.3 is 9.15 Å². The molecule has 1 aromatic heterocycles. The number of hydroxylamine groups is 1. The Balaban J connectivity index is 1.73. The van der Waals surface area contributed by atoms with Gasteiger partial charge in [-0.1, -0.05) is 0 Å². The second-order valence-corrected chi connectivity index (χ2v) is 5.17. The molecule has 0 aliphatic heterocycles. The van der Waals surface area contributed by atoms with Crippen molar-refractivity contribution in [1.29, 1.82) is 0 Å². The molecule has 5 nitrogen and oxygen atoms in total.